The highest BCUT2D eigenvalue weighted by Gasteiger charge is 2.14. The van der Waals surface area contributed by atoms with Crippen LogP contribution in [0.2, 0.25) is 0 Å². The molecule has 7 nitrogen and oxygen atoms in total. The van der Waals surface area contributed by atoms with Crippen LogP contribution in [0.4, 0.5) is 0 Å². The highest BCUT2D eigenvalue weighted by atomic mass is 32.1. The SMILES string of the molecule is COc1ccc(Cc2nnc3sc(-c4cc(C)[nH]n4)nn23)cc1. The molecule has 0 atom stereocenters. The Labute approximate surface area is 136 Å². The number of aromatic nitrogens is 6. The Morgan fingerprint density at radius 3 is 2.74 bits per heavy atom. The monoisotopic (exact) mass is 326 g/mol. The van der Waals surface area contributed by atoms with Crippen LogP contribution < -0.4 is 4.74 Å². The van der Waals surface area contributed by atoms with E-state index in [0.717, 1.165) is 38.5 Å². The molecule has 4 rings (SSSR count). The van der Waals surface area contributed by atoms with Crippen molar-refractivity contribution >= 4 is 16.3 Å². The van der Waals surface area contributed by atoms with Crippen LogP contribution in [0.3, 0.4) is 0 Å². The average Bonchev–Trinajstić information content (AvgIpc) is 3.25. The van der Waals surface area contributed by atoms with Crippen LogP contribution in [0.5, 0.6) is 5.75 Å². The van der Waals surface area contributed by atoms with Crippen molar-refractivity contribution in [2.75, 3.05) is 7.11 Å². The van der Waals surface area contributed by atoms with E-state index in [9.17, 15) is 0 Å². The number of hydrogen-bond donors (Lipinski definition) is 1. The summed E-state index contributed by atoms with van der Waals surface area (Å²) >= 11 is 1.48. The highest BCUT2D eigenvalue weighted by molar-refractivity contribution is 7.19. The van der Waals surface area contributed by atoms with Crippen molar-refractivity contribution in [1.29, 1.82) is 0 Å². The van der Waals surface area contributed by atoms with E-state index in [1.165, 1.54) is 11.3 Å². The molecule has 3 aromatic heterocycles. The first-order valence-corrected chi connectivity index (χ1v) is 7.91. The summed E-state index contributed by atoms with van der Waals surface area (Å²) in [5, 5.41) is 21.0. The fourth-order valence-corrected chi connectivity index (χ4v) is 3.14. The Morgan fingerprint density at radius 1 is 1.22 bits per heavy atom. The summed E-state index contributed by atoms with van der Waals surface area (Å²) in [6.45, 7) is 1.96. The van der Waals surface area contributed by atoms with Crippen LogP contribution in [0.1, 0.15) is 17.1 Å². The zero-order valence-electron chi connectivity index (χ0n) is 12.6. The Kier molecular flexibility index (Phi) is 3.30. The second-order valence-corrected chi connectivity index (χ2v) is 6.13. The van der Waals surface area contributed by atoms with Crippen molar-refractivity contribution < 1.29 is 4.74 Å². The average molecular weight is 326 g/mol. The summed E-state index contributed by atoms with van der Waals surface area (Å²) in [6, 6.07) is 9.88. The second kappa shape index (κ2) is 5.47. The molecule has 0 fully saturated rings. The van der Waals surface area contributed by atoms with E-state index in [4.69, 9.17) is 4.74 Å². The molecule has 0 bridgehead atoms. The number of hydrogen-bond acceptors (Lipinski definition) is 6. The van der Waals surface area contributed by atoms with Gasteiger partial charge >= 0.3 is 0 Å². The Morgan fingerprint density at radius 2 is 2.04 bits per heavy atom. The van der Waals surface area contributed by atoms with Crippen LogP contribution in [-0.4, -0.2) is 37.1 Å². The Bertz CT molecular complexity index is 952. The molecule has 0 spiro atoms. The van der Waals surface area contributed by atoms with E-state index >= 15 is 0 Å². The van der Waals surface area contributed by atoms with Gasteiger partial charge < -0.3 is 4.74 Å². The minimum Gasteiger partial charge on any atom is -0.497 e. The number of fused-ring (bicyclic) bond motifs is 1. The summed E-state index contributed by atoms with van der Waals surface area (Å²) in [4.78, 5) is 0.768. The zero-order chi connectivity index (χ0) is 15.8. The molecule has 3 heterocycles. The van der Waals surface area contributed by atoms with Crippen molar-refractivity contribution in [2.45, 2.75) is 13.3 Å². The van der Waals surface area contributed by atoms with Crippen LogP contribution in [0.25, 0.3) is 15.7 Å². The van der Waals surface area contributed by atoms with E-state index in [2.05, 4.69) is 25.5 Å². The minimum absolute atomic E-state index is 0.661. The number of rotatable bonds is 4. The quantitative estimate of drug-likeness (QED) is 0.623. The van der Waals surface area contributed by atoms with Crippen molar-refractivity contribution in [3.63, 3.8) is 0 Å². The molecule has 0 saturated carbocycles. The molecule has 0 aliphatic rings. The summed E-state index contributed by atoms with van der Waals surface area (Å²) in [7, 11) is 1.66. The van der Waals surface area contributed by atoms with Gasteiger partial charge in [-0.15, -0.1) is 10.2 Å². The van der Waals surface area contributed by atoms with Crippen LogP contribution in [0.15, 0.2) is 30.3 Å². The molecule has 0 saturated heterocycles. The van der Waals surface area contributed by atoms with E-state index < -0.39 is 0 Å². The van der Waals surface area contributed by atoms with Gasteiger partial charge in [0.25, 0.3) is 0 Å². The molecule has 0 unspecified atom stereocenters. The van der Waals surface area contributed by atoms with Gasteiger partial charge in [-0.1, -0.05) is 23.5 Å². The number of aryl methyl sites for hydroxylation is 1. The van der Waals surface area contributed by atoms with Crippen molar-refractivity contribution in [3.05, 3.63) is 47.4 Å². The molecular weight excluding hydrogens is 312 g/mol. The molecule has 0 amide bonds. The number of ether oxygens (including phenoxy) is 1. The molecule has 0 aliphatic carbocycles. The van der Waals surface area contributed by atoms with Crippen LogP contribution >= 0.6 is 11.3 Å². The number of aromatic amines is 1. The summed E-state index contributed by atoms with van der Waals surface area (Å²) in [5.74, 6) is 1.64. The number of methoxy groups -OCH3 is 1. The maximum atomic E-state index is 5.18. The molecular formula is C15H14N6OS. The van der Waals surface area contributed by atoms with Gasteiger partial charge in [0.2, 0.25) is 4.96 Å². The van der Waals surface area contributed by atoms with Crippen LogP contribution in [-0.2, 0) is 6.42 Å². The normalized spacial score (nSPS) is 11.2. The maximum Gasteiger partial charge on any atom is 0.235 e. The molecule has 23 heavy (non-hydrogen) atoms. The van der Waals surface area contributed by atoms with E-state index in [-0.39, 0.29) is 0 Å². The van der Waals surface area contributed by atoms with Gasteiger partial charge in [0, 0.05) is 12.1 Å². The molecule has 8 heteroatoms. The maximum absolute atomic E-state index is 5.18. The van der Waals surface area contributed by atoms with E-state index in [0.29, 0.717) is 6.42 Å². The molecule has 0 aliphatic heterocycles. The number of nitrogens with one attached hydrogen (secondary N) is 1. The fourth-order valence-electron chi connectivity index (χ4n) is 2.32. The predicted octanol–water partition coefficient (Wildman–Crippen LogP) is 2.48. The lowest BCUT2D eigenvalue weighted by Crippen LogP contribution is -1.98. The molecule has 1 N–H and O–H groups in total. The van der Waals surface area contributed by atoms with Gasteiger partial charge in [0.15, 0.2) is 10.8 Å². The lowest BCUT2D eigenvalue weighted by molar-refractivity contribution is 0.414. The minimum atomic E-state index is 0.661. The third-order valence-electron chi connectivity index (χ3n) is 3.50. The largest absolute Gasteiger partial charge is 0.497 e. The van der Waals surface area contributed by atoms with Gasteiger partial charge in [0.1, 0.15) is 11.4 Å². The van der Waals surface area contributed by atoms with Gasteiger partial charge in [-0.05, 0) is 30.7 Å². The lowest BCUT2D eigenvalue weighted by Gasteiger charge is -2.01. The predicted molar refractivity (Wildman–Crippen MR) is 86.8 cm³/mol. The summed E-state index contributed by atoms with van der Waals surface area (Å²) in [6.07, 6.45) is 0.661. The number of H-pyrrole nitrogens is 1. The second-order valence-electron chi connectivity index (χ2n) is 5.18. The van der Waals surface area contributed by atoms with E-state index in [1.54, 1.807) is 11.6 Å². The fraction of sp³-hybridized carbons (Fsp3) is 0.200. The topological polar surface area (TPSA) is 81.0 Å². The van der Waals surface area contributed by atoms with Gasteiger partial charge in [-0.25, -0.2) is 0 Å². The van der Waals surface area contributed by atoms with Crippen LogP contribution in [0, 0.1) is 6.92 Å². The van der Waals surface area contributed by atoms with Crippen molar-refractivity contribution in [1.82, 2.24) is 30.0 Å². The summed E-state index contributed by atoms with van der Waals surface area (Å²) in [5.41, 5.74) is 2.96. The third-order valence-corrected chi connectivity index (χ3v) is 4.42. The van der Waals surface area contributed by atoms with E-state index in [1.807, 2.05) is 37.3 Å². The Balaban J connectivity index is 1.66. The smallest absolute Gasteiger partial charge is 0.235 e. The summed E-state index contributed by atoms with van der Waals surface area (Å²) < 4.78 is 6.96. The number of nitrogens with zero attached hydrogens (tertiary/aromatic N) is 5. The Hall–Kier alpha value is -2.74. The first-order valence-electron chi connectivity index (χ1n) is 7.09. The standard InChI is InChI=1S/C15H14N6OS/c1-9-7-12(17-16-9)14-20-21-13(18-19-15(21)23-14)8-10-3-5-11(22-2)6-4-10/h3-7H,8H2,1-2H3,(H,16,17). The van der Waals surface area contributed by atoms with Gasteiger partial charge in [-0.3, -0.25) is 5.10 Å². The van der Waals surface area contributed by atoms with Crippen molar-refractivity contribution in [2.24, 2.45) is 0 Å². The molecule has 1 aromatic carbocycles. The lowest BCUT2D eigenvalue weighted by atomic mass is 10.1. The molecule has 116 valence electrons. The first kappa shape index (κ1) is 13.9. The molecule has 0 radical (unpaired) electrons. The zero-order valence-corrected chi connectivity index (χ0v) is 13.5. The first-order chi connectivity index (χ1) is 11.2. The van der Waals surface area contributed by atoms with Gasteiger partial charge in [-0.2, -0.15) is 14.7 Å². The number of benzene rings is 1. The highest BCUT2D eigenvalue weighted by Crippen LogP contribution is 2.24. The van der Waals surface area contributed by atoms with Gasteiger partial charge in [0.05, 0.1) is 7.11 Å². The third kappa shape index (κ3) is 2.57. The molecule has 4 aromatic rings. The van der Waals surface area contributed by atoms with Crippen molar-refractivity contribution in [3.8, 4) is 16.5 Å².